The molecule has 1 rings (SSSR count). The Labute approximate surface area is 119 Å². The van der Waals surface area contributed by atoms with Crippen molar-refractivity contribution in [1.29, 1.82) is 0 Å². The molecule has 6 nitrogen and oxygen atoms in total. The van der Waals surface area contributed by atoms with Gasteiger partial charge in [0, 0.05) is 46.7 Å². The number of carbonyl (C=O) groups is 2. The zero-order chi connectivity index (χ0) is 15.1. The Bertz CT molecular complexity index is 557. The first-order chi connectivity index (χ1) is 9.41. The number of carboxylic acids is 1. The lowest BCUT2D eigenvalue weighted by molar-refractivity contribution is -0.131. The number of nitrogens with one attached hydrogen (secondary N) is 1. The van der Waals surface area contributed by atoms with E-state index in [1.807, 2.05) is 0 Å². The number of pyridine rings is 1. The monoisotopic (exact) mass is 296 g/mol. The van der Waals surface area contributed by atoms with Crippen molar-refractivity contribution < 1.29 is 18.9 Å². The molecular formula is C13H16N2O4S. The predicted octanol–water partition coefficient (Wildman–Crippen LogP) is 0.676. The van der Waals surface area contributed by atoms with Gasteiger partial charge in [0.05, 0.1) is 0 Å². The van der Waals surface area contributed by atoms with Gasteiger partial charge >= 0.3 is 5.97 Å². The van der Waals surface area contributed by atoms with Crippen LogP contribution in [0.15, 0.2) is 24.4 Å². The topological polar surface area (TPSA) is 96.4 Å². The van der Waals surface area contributed by atoms with Gasteiger partial charge < -0.3 is 10.4 Å². The van der Waals surface area contributed by atoms with Crippen molar-refractivity contribution in [2.45, 2.75) is 12.2 Å². The van der Waals surface area contributed by atoms with E-state index in [0.717, 1.165) is 6.08 Å². The van der Waals surface area contributed by atoms with Crippen molar-refractivity contribution in [3.63, 3.8) is 0 Å². The van der Waals surface area contributed by atoms with E-state index in [-0.39, 0.29) is 17.5 Å². The van der Waals surface area contributed by atoms with Gasteiger partial charge in [0.2, 0.25) is 0 Å². The number of rotatable bonds is 6. The molecule has 0 saturated heterocycles. The highest BCUT2D eigenvalue weighted by Gasteiger charge is 2.13. The lowest BCUT2D eigenvalue weighted by Crippen LogP contribution is -2.33. The fourth-order valence-electron chi connectivity index (χ4n) is 1.34. The lowest BCUT2D eigenvalue weighted by Gasteiger charge is -2.10. The summed E-state index contributed by atoms with van der Waals surface area (Å²) in [5, 5.41) is 11.1. The van der Waals surface area contributed by atoms with E-state index in [2.05, 4.69) is 10.3 Å². The van der Waals surface area contributed by atoms with Crippen molar-refractivity contribution >= 4 is 28.8 Å². The summed E-state index contributed by atoms with van der Waals surface area (Å²) in [5.74, 6) is -1.52. The molecule has 0 spiro atoms. The maximum atomic E-state index is 12.0. The van der Waals surface area contributed by atoms with Crippen LogP contribution in [0.2, 0.25) is 0 Å². The van der Waals surface area contributed by atoms with Gasteiger partial charge in [0.25, 0.3) is 5.91 Å². The third kappa shape index (κ3) is 4.93. The number of amides is 1. The second-order valence-electron chi connectivity index (χ2n) is 4.13. The first kappa shape index (κ1) is 16.0. The number of carbonyl (C=O) groups excluding carboxylic acids is 1. The Hall–Kier alpha value is -2.02. The number of aliphatic carboxylic acids is 1. The zero-order valence-corrected chi connectivity index (χ0v) is 12.0. The molecule has 20 heavy (non-hydrogen) atoms. The van der Waals surface area contributed by atoms with Crippen LogP contribution < -0.4 is 5.32 Å². The summed E-state index contributed by atoms with van der Waals surface area (Å²) < 4.78 is 11.2. The molecule has 2 atom stereocenters. The molecule has 0 saturated carbocycles. The molecule has 0 aliphatic carbocycles. The molecule has 1 heterocycles. The van der Waals surface area contributed by atoms with Crippen LogP contribution in [-0.4, -0.2) is 44.2 Å². The smallest absolute Gasteiger partial charge is 0.328 e. The van der Waals surface area contributed by atoms with Crippen LogP contribution in [0.5, 0.6) is 0 Å². The van der Waals surface area contributed by atoms with Crippen LogP contribution in [0.1, 0.15) is 23.0 Å². The van der Waals surface area contributed by atoms with Crippen LogP contribution in [0, 0.1) is 0 Å². The molecule has 2 unspecified atom stereocenters. The minimum Gasteiger partial charge on any atom is -0.478 e. The number of nitrogens with zero attached hydrogens (tertiary/aromatic N) is 1. The Morgan fingerprint density at radius 1 is 1.55 bits per heavy atom. The minimum absolute atomic E-state index is 0.138. The molecule has 7 heteroatoms. The molecule has 0 aliphatic heterocycles. The molecule has 0 aliphatic rings. The van der Waals surface area contributed by atoms with Crippen LogP contribution in [-0.2, 0) is 15.6 Å². The summed E-state index contributed by atoms with van der Waals surface area (Å²) in [6, 6.07) is 3.21. The fraction of sp³-hybridized carbons (Fsp3) is 0.308. The third-order valence-electron chi connectivity index (χ3n) is 2.58. The molecule has 0 radical (unpaired) electrons. The van der Waals surface area contributed by atoms with Crippen molar-refractivity contribution in [2.75, 3.05) is 12.8 Å². The summed E-state index contributed by atoms with van der Waals surface area (Å²) in [6.07, 6.45) is 5.27. The fourth-order valence-corrected chi connectivity index (χ4v) is 1.66. The molecule has 2 N–H and O–H groups in total. The maximum Gasteiger partial charge on any atom is 0.328 e. The van der Waals surface area contributed by atoms with E-state index in [0.29, 0.717) is 5.56 Å². The average Bonchev–Trinajstić information content (AvgIpc) is 2.42. The Kier molecular flexibility index (Phi) is 6.05. The number of hydrogen-bond acceptors (Lipinski definition) is 4. The number of aromatic nitrogens is 1. The van der Waals surface area contributed by atoms with Crippen LogP contribution >= 0.6 is 0 Å². The Morgan fingerprint density at radius 2 is 2.25 bits per heavy atom. The van der Waals surface area contributed by atoms with E-state index in [9.17, 15) is 13.8 Å². The SMILES string of the molecule is CC(CNC(=O)c1ncccc1/C=C/C(=O)O)S(C)=O. The van der Waals surface area contributed by atoms with Crippen LogP contribution in [0.25, 0.3) is 6.08 Å². The number of carboxylic acid groups (broad SMARTS) is 1. The highest BCUT2D eigenvalue weighted by Crippen LogP contribution is 2.08. The average molecular weight is 296 g/mol. The van der Waals surface area contributed by atoms with Crippen molar-refractivity contribution in [3.05, 3.63) is 35.7 Å². The van der Waals surface area contributed by atoms with E-state index in [1.54, 1.807) is 25.3 Å². The first-order valence-corrected chi connectivity index (χ1v) is 7.50. The number of hydrogen-bond donors (Lipinski definition) is 2. The van der Waals surface area contributed by atoms with Gasteiger partial charge in [-0.15, -0.1) is 0 Å². The molecule has 0 bridgehead atoms. The largest absolute Gasteiger partial charge is 0.478 e. The summed E-state index contributed by atoms with van der Waals surface area (Å²) in [5.41, 5.74) is 0.553. The van der Waals surface area contributed by atoms with Gasteiger partial charge in [0.15, 0.2) is 0 Å². The highest BCUT2D eigenvalue weighted by molar-refractivity contribution is 7.84. The first-order valence-electron chi connectivity index (χ1n) is 5.88. The third-order valence-corrected chi connectivity index (χ3v) is 3.88. The van der Waals surface area contributed by atoms with Crippen molar-refractivity contribution in [2.24, 2.45) is 0 Å². The molecule has 108 valence electrons. The Morgan fingerprint density at radius 3 is 2.85 bits per heavy atom. The van der Waals surface area contributed by atoms with Crippen molar-refractivity contribution in [3.8, 4) is 0 Å². The van der Waals surface area contributed by atoms with Crippen LogP contribution in [0.3, 0.4) is 0 Å². The summed E-state index contributed by atoms with van der Waals surface area (Å²) in [6.45, 7) is 2.03. The second kappa shape index (κ2) is 7.54. The lowest BCUT2D eigenvalue weighted by atomic mass is 10.1. The second-order valence-corrected chi connectivity index (χ2v) is 5.93. The quantitative estimate of drug-likeness (QED) is 0.752. The van der Waals surface area contributed by atoms with Gasteiger partial charge in [-0.1, -0.05) is 6.07 Å². The predicted molar refractivity (Wildman–Crippen MR) is 76.8 cm³/mol. The Balaban J connectivity index is 2.82. The van der Waals surface area contributed by atoms with Crippen molar-refractivity contribution in [1.82, 2.24) is 10.3 Å². The van der Waals surface area contributed by atoms with Gasteiger partial charge in [-0.25, -0.2) is 4.79 Å². The van der Waals surface area contributed by atoms with Gasteiger partial charge in [-0.3, -0.25) is 14.0 Å². The van der Waals surface area contributed by atoms with Crippen LogP contribution in [0.4, 0.5) is 0 Å². The normalized spacial score (nSPS) is 13.9. The van der Waals surface area contributed by atoms with E-state index >= 15 is 0 Å². The molecule has 0 aromatic carbocycles. The maximum absolute atomic E-state index is 12.0. The molecule has 1 aromatic rings. The van der Waals surface area contributed by atoms with Gasteiger partial charge in [-0.2, -0.15) is 0 Å². The summed E-state index contributed by atoms with van der Waals surface area (Å²) in [4.78, 5) is 26.4. The highest BCUT2D eigenvalue weighted by atomic mass is 32.2. The molecular weight excluding hydrogens is 280 g/mol. The van der Waals surface area contributed by atoms with E-state index in [1.165, 1.54) is 12.3 Å². The van der Waals surface area contributed by atoms with Gasteiger partial charge in [0.1, 0.15) is 5.69 Å². The molecule has 1 aromatic heterocycles. The van der Waals surface area contributed by atoms with Gasteiger partial charge in [-0.05, 0) is 19.1 Å². The van der Waals surface area contributed by atoms with E-state index in [4.69, 9.17) is 5.11 Å². The minimum atomic E-state index is -1.10. The summed E-state index contributed by atoms with van der Waals surface area (Å²) in [7, 11) is -1.02. The standard InChI is InChI=1S/C13H16N2O4S/c1-9(20(2)19)8-15-13(18)12-10(4-3-7-14-12)5-6-11(16)17/h3-7,9H,8H2,1-2H3,(H,15,18)(H,16,17)/b6-5+. The molecule has 1 amide bonds. The molecule has 0 fully saturated rings. The summed E-state index contributed by atoms with van der Waals surface area (Å²) >= 11 is 0. The zero-order valence-electron chi connectivity index (χ0n) is 11.2. The van der Waals surface area contributed by atoms with E-state index < -0.39 is 22.7 Å².